The monoisotopic (exact) mass is 211 g/mol. The molecule has 0 unspecified atom stereocenters. The van der Waals surface area contributed by atoms with E-state index >= 15 is 0 Å². The highest BCUT2D eigenvalue weighted by Crippen LogP contribution is 2.10. The number of hydrogen-bond donors (Lipinski definition) is 1. The van der Waals surface area contributed by atoms with Crippen molar-refractivity contribution < 1.29 is 13.9 Å². The summed E-state index contributed by atoms with van der Waals surface area (Å²) in [5.41, 5.74) is 6.95. The van der Waals surface area contributed by atoms with E-state index in [2.05, 4.69) is 4.74 Å². The molecular weight excluding hydrogens is 197 g/mol. The quantitative estimate of drug-likeness (QED) is 0.764. The van der Waals surface area contributed by atoms with Crippen LogP contribution in [0.2, 0.25) is 0 Å². The van der Waals surface area contributed by atoms with Crippen LogP contribution in [0.4, 0.5) is 4.39 Å². The van der Waals surface area contributed by atoms with E-state index in [9.17, 15) is 9.18 Å². The molecule has 1 aromatic rings. The Bertz CT molecular complexity index is 366. The normalized spacial score (nSPS) is 12.3. The van der Waals surface area contributed by atoms with Gasteiger partial charge in [-0.25, -0.2) is 4.39 Å². The molecule has 1 aromatic carbocycles. The van der Waals surface area contributed by atoms with Crippen LogP contribution in [-0.2, 0) is 16.0 Å². The Morgan fingerprint density at radius 1 is 1.60 bits per heavy atom. The fourth-order valence-electron chi connectivity index (χ4n) is 1.32. The van der Waals surface area contributed by atoms with Gasteiger partial charge in [0.2, 0.25) is 0 Å². The summed E-state index contributed by atoms with van der Waals surface area (Å²) in [6.45, 7) is 1.67. The average Bonchev–Trinajstić information content (AvgIpc) is 2.22. The van der Waals surface area contributed by atoms with Gasteiger partial charge < -0.3 is 10.5 Å². The van der Waals surface area contributed by atoms with Crippen LogP contribution >= 0.6 is 0 Å². The molecule has 0 aliphatic heterocycles. The molecule has 0 saturated carbocycles. The highest BCUT2D eigenvalue weighted by atomic mass is 19.1. The number of halogens is 1. The fourth-order valence-corrected chi connectivity index (χ4v) is 1.32. The minimum Gasteiger partial charge on any atom is -0.468 e. The van der Waals surface area contributed by atoms with E-state index in [0.717, 1.165) is 5.56 Å². The molecule has 0 saturated heterocycles. The molecule has 3 nitrogen and oxygen atoms in total. The van der Waals surface area contributed by atoms with Gasteiger partial charge in [0.15, 0.2) is 0 Å². The smallest absolute Gasteiger partial charge is 0.322 e. The molecule has 0 bridgehead atoms. The maximum atomic E-state index is 12.9. The van der Waals surface area contributed by atoms with Crippen molar-refractivity contribution in [3.8, 4) is 0 Å². The summed E-state index contributed by atoms with van der Waals surface area (Å²) in [6, 6.07) is 3.97. The predicted molar refractivity (Wildman–Crippen MR) is 54.8 cm³/mol. The van der Waals surface area contributed by atoms with E-state index in [1.165, 1.54) is 13.2 Å². The van der Waals surface area contributed by atoms with Gasteiger partial charge in [-0.1, -0.05) is 12.1 Å². The number of benzene rings is 1. The minimum absolute atomic E-state index is 0.259. The second-order valence-electron chi connectivity index (χ2n) is 3.42. The first kappa shape index (κ1) is 11.7. The molecule has 0 fully saturated rings. The van der Waals surface area contributed by atoms with Crippen molar-refractivity contribution in [2.24, 2.45) is 5.73 Å². The van der Waals surface area contributed by atoms with E-state index in [1.807, 2.05) is 0 Å². The summed E-state index contributed by atoms with van der Waals surface area (Å²) in [5, 5.41) is 0. The highest BCUT2D eigenvalue weighted by Gasteiger charge is 2.14. The molecule has 0 spiro atoms. The summed E-state index contributed by atoms with van der Waals surface area (Å²) in [5.74, 6) is -0.720. The molecule has 0 aliphatic rings. The van der Waals surface area contributed by atoms with Gasteiger partial charge >= 0.3 is 5.97 Å². The Labute approximate surface area is 88.0 Å². The summed E-state index contributed by atoms with van der Waals surface area (Å²) < 4.78 is 17.4. The largest absolute Gasteiger partial charge is 0.468 e. The summed E-state index contributed by atoms with van der Waals surface area (Å²) in [4.78, 5) is 11.0. The first-order valence-electron chi connectivity index (χ1n) is 4.63. The summed E-state index contributed by atoms with van der Waals surface area (Å²) in [7, 11) is 1.29. The molecular formula is C11H14FNO2. The third-order valence-electron chi connectivity index (χ3n) is 2.18. The van der Waals surface area contributed by atoms with Gasteiger partial charge in [-0.05, 0) is 30.5 Å². The van der Waals surface area contributed by atoms with E-state index in [1.54, 1.807) is 19.1 Å². The van der Waals surface area contributed by atoms with Crippen molar-refractivity contribution in [3.05, 3.63) is 35.1 Å². The second-order valence-corrected chi connectivity index (χ2v) is 3.42. The van der Waals surface area contributed by atoms with E-state index in [4.69, 9.17) is 5.73 Å². The van der Waals surface area contributed by atoms with Crippen LogP contribution in [0.3, 0.4) is 0 Å². The third kappa shape index (κ3) is 3.02. The number of aryl methyl sites for hydroxylation is 1. The minimum atomic E-state index is -0.695. The van der Waals surface area contributed by atoms with Gasteiger partial charge in [0.25, 0.3) is 0 Å². The predicted octanol–water partition coefficient (Wildman–Crippen LogP) is 1.18. The van der Waals surface area contributed by atoms with Gasteiger partial charge in [-0.15, -0.1) is 0 Å². The Kier molecular flexibility index (Phi) is 3.80. The molecule has 1 atom stereocenters. The number of methoxy groups -OCH3 is 1. The summed E-state index contributed by atoms with van der Waals surface area (Å²) >= 11 is 0. The Morgan fingerprint density at radius 2 is 2.27 bits per heavy atom. The van der Waals surface area contributed by atoms with Crippen molar-refractivity contribution in [1.82, 2.24) is 0 Å². The van der Waals surface area contributed by atoms with Crippen molar-refractivity contribution in [2.45, 2.75) is 19.4 Å². The molecule has 2 N–H and O–H groups in total. The number of hydrogen-bond acceptors (Lipinski definition) is 3. The molecule has 0 radical (unpaired) electrons. The van der Waals surface area contributed by atoms with E-state index in [0.29, 0.717) is 12.0 Å². The number of carbonyl (C=O) groups is 1. The molecule has 0 heterocycles. The Hall–Kier alpha value is -1.42. The average molecular weight is 211 g/mol. The summed E-state index contributed by atoms with van der Waals surface area (Å²) in [6.07, 6.45) is 0.355. The number of rotatable bonds is 3. The molecule has 82 valence electrons. The lowest BCUT2D eigenvalue weighted by Gasteiger charge is -2.09. The van der Waals surface area contributed by atoms with E-state index in [-0.39, 0.29) is 5.82 Å². The maximum absolute atomic E-state index is 12.9. The first-order valence-corrected chi connectivity index (χ1v) is 4.63. The van der Waals surface area contributed by atoms with Crippen LogP contribution in [0.25, 0.3) is 0 Å². The number of nitrogens with two attached hydrogens (primary N) is 1. The van der Waals surface area contributed by atoms with Crippen LogP contribution in [0.5, 0.6) is 0 Å². The fraction of sp³-hybridized carbons (Fsp3) is 0.364. The molecule has 1 rings (SSSR count). The zero-order chi connectivity index (χ0) is 11.4. The van der Waals surface area contributed by atoms with Crippen molar-refractivity contribution in [3.63, 3.8) is 0 Å². The van der Waals surface area contributed by atoms with Gasteiger partial charge in [-0.2, -0.15) is 0 Å². The van der Waals surface area contributed by atoms with Gasteiger partial charge in [0, 0.05) is 0 Å². The lowest BCUT2D eigenvalue weighted by molar-refractivity contribution is -0.142. The molecule has 0 amide bonds. The van der Waals surface area contributed by atoms with Gasteiger partial charge in [0.05, 0.1) is 7.11 Å². The van der Waals surface area contributed by atoms with Crippen LogP contribution in [-0.4, -0.2) is 19.1 Å². The standard InChI is InChI=1S/C11H14FNO2/c1-7-5-8(3-4-9(7)12)6-10(13)11(14)15-2/h3-5,10H,6,13H2,1-2H3/t10-/m1/s1. The number of ether oxygens (including phenoxy) is 1. The SMILES string of the molecule is COC(=O)[C@H](N)Cc1ccc(F)c(C)c1. The van der Waals surface area contributed by atoms with Gasteiger partial charge in [0.1, 0.15) is 11.9 Å². The topological polar surface area (TPSA) is 52.3 Å². The molecule has 0 aliphatic carbocycles. The van der Waals surface area contributed by atoms with Gasteiger partial charge in [-0.3, -0.25) is 4.79 Å². The van der Waals surface area contributed by atoms with Crippen LogP contribution in [0.15, 0.2) is 18.2 Å². The first-order chi connectivity index (χ1) is 7.04. The molecule has 15 heavy (non-hydrogen) atoms. The highest BCUT2D eigenvalue weighted by molar-refractivity contribution is 5.75. The second kappa shape index (κ2) is 4.89. The zero-order valence-corrected chi connectivity index (χ0v) is 8.79. The number of esters is 1. The van der Waals surface area contributed by atoms with Crippen LogP contribution in [0.1, 0.15) is 11.1 Å². The van der Waals surface area contributed by atoms with Crippen LogP contribution < -0.4 is 5.73 Å². The van der Waals surface area contributed by atoms with Crippen molar-refractivity contribution in [2.75, 3.05) is 7.11 Å². The molecule has 0 aromatic heterocycles. The lowest BCUT2D eigenvalue weighted by Crippen LogP contribution is -2.33. The van der Waals surface area contributed by atoms with Crippen molar-refractivity contribution in [1.29, 1.82) is 0 Å². The van der Waals surface area contributed by atoms with Crippen molar-refractivity contribution >= 4 is 5.97 Å². The third-order valence-corrected chi connectivity index (χ3v) is 2.18. The molecule has 4 heteroatoms. The van der Waals surface area contributed by atoms with E-state index < -0.39 is 12.0 Å². The van der Waals surface area contributed by atoms with Crippen LogP contribution in [0, 0.1) is 12.7 Å². The zero-order valence-electron chi connectivity index (χ0n) is 8.79. The Balaban J connectivity index is 2.73. The number of carbonyl (C=O) groups excluding carboxylic acids is 1. The lowest BCUT2D eigenvalue weighted by atomic mass is 10.0. The maximum Gasteiger partial charge on any atom is 0.322 e. The Morgan fingerprint density at radius 3 is 2.80 bits per heavy atom.